The molecule has 0 spiro atoms. The molecule has 158 valence electrons. The van der Waals surface area contributed by atoms with Crippen molar-refractivity contribution in [2.75, 3.05) is 13.1 Å². The summed E-state index contributed by atoms with van der Waals surface area (Å²) in [6, 6.07) is 23.8. The van der Waals surface area contributed by atoms with Crippen molar-refractivity contribution in [1.29, 1.82) is 5.26 Å². The topological polar surface area (TPSA) is 62.2 Å². The molecule has 0 amide bonds. The minimum absolute atomic E-state index is 0.0537. The predicted molar refractivity (Wildman–Crippen MR) is 123 cm³/mol. The number of fused-ring (bicyclic) bond motifs is 5. The summed E-state index contributed by atoms with van der Waals surface area (Å²) in [5, 5.41) is 10.3. The molecular weight excluding hydrogens is 398 g/mol. The SMILES string of the molecule is N#Cc1cccc(-c2ccc3n(c2=O)C[C@@H]2C[C@@H]3CN(Cc3cc4ccccc4o3)C2)c1. The number of aromatic nitrogens is 1. The smallest absolute Gasteiger partial charge is 0.258 e. The van der Waals surface area contributed by atoms with Crippen LogP contribution in [0.1, 0.15) is 29.4 Å². The average Bonchev–Trinajstić information content (AvgIpc) is 3.22. The molecule has 2 atom stereocenters. The molecule has 32 heavy (non-hydrogen) atoms. The number of hydrogen-bond acceptors (Lipinski definition) is 4. The van der Waals surface area contributed by atoms with Crippen LogP contribution in [0.4, 0.5) is 0 Å². The van der Waals surface area contributed by atoms with E-state index in [0.29, 0.717) is 23.0 Å². The summed E-state index contributed by atoms with van der Waals surface area (Å²) >= 11 is 0. The molecule has 0 N–H and O–H groups in total. The molecule has 0 radical (unpaired) electrons. The van der Waals surface area contributed by atoms with E-state index in [0.717, 1.165) is 60.6 Å². The Labute approximate surface area is 186 Å². The second-order valence-corrected chi connectivity index (χ2v) is 9.02. The summed E-state index contributed by atoms with van der Waals surface area (Å²) < 4.78 is 8.02. The summed E-state index contributed by atoms with van der Waals surface area (Å²) in [7, 11) is 0. The minimum Gasteiger partial charge on any atom is -0.460 e. The standard InChI is InChI=1S/C27H23N3O2/c28-13-18-4-3-6-20(10-18)24-8-9-25-22-11-19(15-30(25)27(24)31)14-29(16-22)17-23-12-21-5-1-2-7-26(21)32-23/h1-10,12,19,22H,11,14-17H2/t19-,22-/m1/s1. The Kier molecular flexibility index (Phi) is 4.48. The van der Waals surface area contributed by atoms with Crippen molar-refractivity contribution in [3.05, 3.63) is 94.1 Å². The first-order valence-electron chi connectivity index (χ1n) is 11.1. The molecule has 4 aromatic rings. The third-order valence-corrected chi connectivity index (χ3v) is 6.84. The van der Waals surface area contributed by atoms with E-state index >= 15 is 0 Å². The predicted octanol–water partition coefficient (Wildman–Crippen LogP) is 4.75. The number of hydrogen-bond donors (Lipinski definition) is 0. The van der Waals surface area contributed by atoms with Crippen molar-refractivity contribution in [3.63, 3.8) is 0 Å². The molecule has 6 rings (SSSR count). The van der Waals surface area contributed by atoms with E-state index in [2.05, 4.69) is 29.2 Å². The molecular formula is C27H23N3O2. The van der Waals surface area contributed by atoms with Crippen molar-refractivity contribution in [1.82, 2.24) is 9.47 Å². The highest BCUT2D eigenvalue weighted by Crippen LogP contribution is 2.36. The highest BCUT2D eigenvalue weighted by atomic mass is 16.3. The maximum atomic E-state index is 13.4. The zero-order chi connectivity index (χ0) is 21.7. The van der Waals surface area contributed by atoms with Crippen molar-refractivity contribution in [2.24, 2.45) is 5.92 Å². The highest BCUT2D eigenvalue weighted by Gasteiger charge is 2.35. The molecule has 5 nitrogen and oxygen atoms in total. The lowest BCUT2D eigenvalue weighted by Crippen LogP contribution is -2.46. The van der Waals surface area contributed by atoms with Crippen LogP contribution in [0.15, 0.2) is 75.9 Å². The molecule has 2 aliphatic rings. The monoisotopic (exact) mass is 421 g/mol. The molecule has 0 unspecified atom stereocenters. The Hall–Kier alpha value is -3.62. The van der Waals surface area contributed by atoms with Crippen LogP contribution in [0, 0.1) is 17.2 Å². The Bertz CT molecular complexity index is 1390. The Balaban J connectivity index is 1.28. The van der Waals surface area contributed by atoms with E-state index < -0.39 is 0 Å². The van der Waals surface area contributed by atoms with E-state index in [9.17, 15) is 10.1 Å². The Morgan fingerprint density at radius 3 is 2.78 bits per heavy atom. The second kappa shape index (κ2) is 7.51. The Morgan fingerprint density at radius 2 is 1.91 bits per heavy atom. The van der Waals surface area contributed by atoms with Gasteiger partial charge >= 0.3 is 0 Å². The van der Waals surface area contributed by atoms with Gasteiger partial charge in [0, 0.05) is 42.2 Å². The molecule has 5 heteroatoms. The number of piperidine rings is 1. The van der Waals surface area contributed by atoms with Crippen molar-refractivity contribution in [3.8, 4) is 17.2 Å². The first kappa shape index (κ1) is 19.1. The van der Waals surface area contributed by atoms with Gasteiger partial charge in [0.05, 0.1) is 18.2 Å². The third kappa shape index (κ3) is 3.24. The lowest BCUT2D eigenvalue weighted by molar-refractivity contribution is 0.108. The van der Waals surface area contributed by atoms with Crippen LogP contribution in [0.5, 0.6) is 0 Å². The van der Waals surface area contributed by atoms with Gasteiger partial charge in [-0.2, -0.15) is 5.26 Å². The normalized spacial score (nSPS) is 20.1. The number of pyridine rings is 1. The highest BCUT2D eigenvalue weighted by molar-refractivity contribution is 5.77. The molecule has 2 aromatic carbocycles. The van der Waals surface area contributed by atoms with Gasteiger partial charge in [0.1, 0.15) is 11.3 Å². The number of para-hydroxylation sites is 1. The summed E-state index contributed by atoms with van der Waals surface area (Å²) in [5.41, 5.74) is 4.17. The maximum absolute atomic E-state index is 13.4. The van der Waals surface area contributed by atoms with Gasteiger partial charge in [-0.15, -0.1) is 0 Å². The number of benzene rings is 2. The van der Waals surface area contributed by atoms with Crippen LogP contribution in [-0.4, -0.2) is 22.6 Å². The zero-order valence-corrected chi connectivity index (χ0v) is 17.7. The van der Waals surface area contributed by atoms with Crippen molar-refractivity contribution in [2.45, 2.75) is 25.4 Å². The van der Waals surface area contributed by atoms with Crippen LogP contribution >= 0.6 is 0 Å². The van der Waals surface area contributed by atoms with E-state index in [1.807, 2.05) is 41.0 Å². The molecule has 2 aliphatic heterocycles. The first-order valence-corrected chi connectivity index (χ1v) is 11.1. The van der Waals surface area contributed by atoms with E-state index in [1.165, 1.54) is 0 Å². The molecule has 0 saturated carbocycles. The lowest BCUT2D eigenvalue weighted by Gasteiger charge is -2.42. The van der Waals surface area contributed by atoms with Crippen molar-refractivity contribution >= 4 is 11.0 Å². The third-order valence-electron chi connectivity index (χ3n) is 6.84. The second-order valence-electron chi connectivity index (χ2n) is 9.02. The number of nitriles is 1. The molecule has 4 heterocycles. The molecule has 2 aromatic heterocycles. The summed E-state index contributed by atoms with van der Waals surface area (Å²) in [5.74, 6) is 1.79. The fourth-order valence-corrected chi connectivity index (χ4v) is 5.49. The van der Waals surface area contributed by atoms with Crippen molar-refractivity contribution < 1.29 is 4.42 Å². The molecule has 1 fully saturated rings. The van der Waals surface area contributed by atoms with Crippen LogP contribution in [0.25, 0.3) is 22.1 Å². The van der Waals surface area contributed by atoms with Gasteiger partial charge in [-0.1, -0.05) is 30.3 Å². The van der Waals surface area contributed by atoms with Gasteiger partial charge in [0.2, 0.25) is 0 Å². The number of nitrogens with zero attached hydrogens (tertiary/aromatic N) is 3. The zero-order valence-electron chi connectivity index (χ0n) is 17.7. The van der Waals surface area contributed by atoms with E-state index in [4.69, 9.17) is 4.42 Å². The van der Waals surface area contributed by atoms with Gasteiger partial charge in [0.15, 0.2) is 0 Å². The lowest BCUT2D eigenvalue weighted by atomic mass is 9.82. The van der Waals surface area contributed by atoms with Gasteiger partial charge < -0.3 is 8.98 Å². The van der Waals surface area contributed by atoms with Gasteiger partial charge in [-0.25, -0.2) is 0 Å². The van der Waals surface area contributed by atoms with Crippen LogP contribution in [0.3, 0.4) is 0 Å². The van der Waals surface area contributed by atoms with Gasteiger partial charge in [-0.05, 0) is 54.3 Å². The maximum Gasteiger partial charge on any atom is 0.258 e. The summed E-state index contributed by atoms with van der Waals surface area (Å²) in [6.45, 7) is 3.43. The van der Waals surface area contributed by atoms with E-state index in [1.54, 1.807) is 12.1 Å². The molecule has 0 aliphatic carbocycles. The minimum atomic E-state index is 0.0537. The summed E-state index contributed by atoms with van der Waals surface area (Å²) in [6.07, 6.45) is 1.12. The fourth-order valence-electron chi connectivity index (χ4n) is 5.49. The quantitative estimate of drug-likeness (QED) is 0.479. The van der Waals surface area contributed by atoms with E-state index in [-0.39, 0.29) is 5.56 Å². The van der Waals surface area contributed by atoms with Crippen LogP contribution in [-0.2, 0) is 13.1 Å². The fraction of sp³-hybridized carbons (Fsp3) is 0.259. The van der Waals surface area contributed by atoms with Crippen LogP contribution in [0.2, 0.25) is 0 Å². The Morgan fingerprint density at radius 1 is 1.00 bits per heavy atom. The number of likely N-dealkylation sites (tertiary alicyclic amines) is 1. The first-order chi connectivity index (χ1) is 15.7. The van der Waals surface area contributed by atoms with Crippen LogP contribution < -0.4 is 5.56 Å². The molecule has 2 bridgehead atoms. The summed E-state index contributed by atoms with van der Waals surface area (Å²) in [4.78, 5) is 15.8. The number of rotatable bonds is 3. The molecule has 1 saturated heterocycles. The van der Waals surface area contributed by atoms with Gasteiger partial charge in [-0.3, -0.25) is 9.69 Å². The largest absolute Gasteiger partial charge is 0.460 e. The average molecular weight is 422 g/mol. The number of furan rings is 1. The van der Waals surface area contributed by atoms with Gasteiger partial charge in [0.25, 0.3) is 5.56 Å².